The van der Waals surface area contributed by atoms with Gasteiger partial charge in [0.15, 0.2) is 0 Å². The zero-order valence-electron chi connectivity index (χ0n) is 13.4. The number of carbonyl (C=O) groups is 1. The number of aliphatic hydroxyl groups is 1. The molecule has 5 nitrogen and oxygen atoms in total. The number of rotatable bonds is 4. The lowest BCUT2D eigenvalue weighted by atomic mass is 9.85. The summed E-state index contributed by atoms with van der Waals surface area (Å²) in [6, 6.07) is 7.50. The van der Waals surface area contributed by atoms with E-state index in [0.717, 1.165) is 36.9 Å². The number of aliphatic hydroxyl groups excluding tert-OH is 1. The first kappa shape index (κ1) is 15.7. The van der Waals surface area contributed by atoms with Crippen molar-refractivity contribution < 1.29 is 9.90 Å². The molecular weight excluding hydrogens is 290 g/mol. The number of nitrogens with one attached hydrogen (secondary N) is 1. The van der Waals surface area contributed by atoms with Gasteiger partial charge < -0.3 is 10.4 Å². The van der Waals surface area contributed by atoms with Crippen molar-refractivity contribution in [1.29, 1.82) is 0 Å². The number of hydrogen-bond donors (Lipinski definition) is 2. The molecule has 0 spiro atoms. The Bertz CT molecular complexity index is 663. The molecule has 0 bridgehead atoms. The molecule has 0 radical (unpaired) electrons. The predicted molar refractivity (Wildman–Crippen MR) is 88.6 cm³/mol. The number of amides is 1. The Kier molecular flexibility index (Phi) is 4.76. The van der Waals surface area contributed by atoms with Crippen molar-refractivity contribution in [2.75, 3.05) is 6.61 Å². The Morgan fingerprint density at radius 3 is 2.70 bits per heavy atom. The summed E-state index contributed by atoms with van der Waals surface area (Å²) in [5.74, 6) is 0.109. The Morgan fingerprint density at radius 2 is 2.04 bits per heavy atom. The molecule has 2 atom stereocenters. The zero-order valence-corrected chi connectivity index (χ0v) is 13.4. The van der Waals surface area contributed by atoms with E-state index in [-0.39, 0.29) is 24.5 Å². The summed E-state index contributed by atoms with van der Waals surface area (Å²) < 4.78 is 1.79. The van der Waals surface area contributed by atoms with Crippen LogP contribution >= 0.6 is 0 Å². The van der Waals surface area contributed by atoms with Crippen molar-refractivity contribution in [2.24, 2.45) is 5.92 Å². The van der Waals surface area contributed by atoms with E-state index in [1.54, 1.807) is 10.9 Å². The molecule has 2 unspecified atom stereocenters. The number of hydrogen-bond acceptors (Lipinski definition) is 3. The van der Waals surface area contributed by atoms with Crippen LogP contribution in [0, 0.1) is 12.8 Å². The average Bonchev–Trinajstić information content (AvgIpc) is 3.02. The molecule has 1 aromatic heterocycles. The predicted octanol–water partition coefficient (Wildman–Crippen LogP) is 2.46. The van der Waals surface area contributed by atoms with E-state index in [0.29, 0.717) is 5.56 Å². The quantitative estimate of drug-likeness (QED) is 0.911. The van der Waals surface area contributed by atoms with Gasteiger partial charge in [0.1, 0.15) is 0 Å². The molecular formula is C18H23N3O2. The molecule has 1 aromatic carbocycles. The molecule has 1 aliphatic carbocycles. The monoisotopic (exact) mass is 313 g/mol. The highest BCUT2D eigenvalue weighted by atomic mass is 16.3. The molecule has 1 heterocycles. The SMILES string of the molecule is Cc1cnn(-c2ccc(C(=O)NC3CCCCC3CO)cc2)c1. The van der Waals surface area contributed by atoms with E-state index in [1.807, 2.05) is 37.4 Å². The van der Waals surface area contributed by atoms with Crippen molar-refractivity contribution >= 4 is 5.91 Å². The van der Waals surface area contributed by atoms with Crippen molar-refractivity contribution in [3.8, 4) is 5.69 Å². The van der Waals surface area contributed by atoms with Crippen molar-refractivity contribution in [2.45, 2.75) is 38.6 Å². The maximum Gasteiger partial charge on any atom is 0.251 e. The van der Waals surface area contributed by atoms with Crippen LogP contribution in [0.4, 0.5) is 0 Å². The van der Waals surface area contributed by atoms with Crippen LogP contribution in [0.3, 0.4) is 0 Å². The highest BCUT2D eigenvalue weighted by molar-refractivity contribution is 5.94. The van der Waals surface area contributed by atoms with E-state index < -0.39 is 0 Å². The third kappa shape index (κ3) is 3.62. The van der Waals surface area contributed by atoms with Gasteiger partial charge in [-0.05, 0) is 49.6 Å². The largest absolute Gasteiger partial charge is 0.396 e. The van der Waals surface area contributed by atoms with Gasteiger partial charge in [0.2, 0.25) is 0 Å². The van der Waals surface area contributed by atoms with E-state index in [2.05, 4.69) is 10.4 Å². The Hall–Kier alpha value is -2.14. The Balaban J connectivity index is 1.68. The van der Waals surface area contributed by atoms with Crippen LogP contribution < -0.4 is 5.32 Å². The van der Waals surface area contributed by atoms with Crippen LogP contribution in [0.5, 0.6) is 0 Å². The maximum atomic E-state index is 12.4. The molecule has 1 aliphatic rings. The van der Waals surface area contributed by atoms with Gasteiger partial charge in [-0.2, -0.15) is 5.10 Å². The van der Waals surface area contributed by atoms with Gasteiger partial charge >= 0.3 is 0 Å². The van der Waals surface area contributed by atoms with E-state index in [4.69, 9.17) is 0 Å². The zero-order chi connectivity index (χ0) is 16.2. The second-order valence-electron chi connectivity index (χ2n) is 6.32. The van der Waals surface area contributed by atoms with Crippen molar-refractivity contribution in [1.82, 2.24) is 15.1 Å². The van der Waals surface area contributed by atoms with Gasteiger partial charge in [0.25, 0.3) is 5.91 Å². The van der Waals surface area contributed by atoms with Crippen LogP contribution in [0.25, 0.3) is 5.69 Å². The number of nitrogens with zero attached hydrogens (tertiary/aromatic N) is 2. The van der Waals surface area contributed by atoms with Crippen molar-refractivity contribution in [3.63, 3.8) is 0 Å². The minimum absolute atomic E-state index is 0.0708. The fourth-order valence-corrected chi connectivity index (χ4v) is 3.19. The summed E-state index contributed by atoms with van der Waals surface area (Å²) in [5.41, 5.74) is 2.67. The normalized spacial score (nSPS) is 21.1. The second-order valence-corrected chi connectivity index (χ2v) is 6.32. The van der Waals surface area contributed by atoms with Crippen LogP contribution in [-0.2, 0) is 0 Å². The number of aryl methyl sites for hydroxylation is 1. The van der Waals surface area contributed by atoms with Gasteiger partial charge in [-0.25, -0.2) is 4.68 Å². The molecule has 5 heteroatoms. The summed E-state index contributed by atoms with van der Waals surface area (Å²) in [6.45, 7) is 2.13. The smallest absolute Gasteiger partial charge is 0.251 e. The molecule has 2 N–H and O–H groups in total. The third-order valence-corrected chi connectivity index (χ3v) is 4.57. The first-order valence-electron chi connectivity index (χ1n) is 8.21. The molecule has 0 aliphatic heterocycles. The van der Waals surface area contributed by atoms with Crippen LogP contribution in [-0.4, -0.2) is 33.4 Å². The summed E-state index contributed by atoms with van der Waals surface area (Å²) in [6.07, 6.45) is 7.93. The summed E-state index contributed by atoms with van der Waals surface area (Å²) in [7, 11) is 0. The minimum Gasteiger partial charge on any atom is -0.396 e. The number of benzene rings is 1. The highest BCUT2D eigenvalue weighted by Gasteiger charge is 2.26. The average molecular weight is 313 g/mol. The van der Waals surface area contributed by atoms with Crippen LogP contribution in [0.1, 0.15) is 41.6 Å². The van der Waals surface area contributed by atoms with Gasteiger partial charge in [-0.3, -0.25) is 4.79 Å². The summed E-state index contributed by atoms with van der Waals surface area (Å²) in [5, 5.41) is 16.8. The Labute approximate surface area is 136 Å². The third-order valence-electron chi connectivity index (χ3n) is 4.57. The topological polar surface area (TPSA) is 67.2 Å². The van der Waals surface area contributed by atoms with Crippen molar-refractivity contribution in [3.05, 3.63) is 47.8 Å². The molecule has 2 aromatic rings. The fraction of sp³-hybridized carbons (Fsp3) is 0.444. The standard InChI is InChI=1S/C18H23N3O2/c1-13-10-19-21(11-13)16-8-6-14(7-9-16)18(23)20-17-5-3-2-4-15(17)12-22/h6-11,15,17,22H,2-5,12H2,1H3,(H,20,23). The maximum absolute atomic E-state index is 12.4. The van der Waals surface area contributed by atoms with E-state index in [9.17, 15) is 9.90 Å². The van der Waals surface area contributed by atoms with Gasteiger partial charge in [0, 0.05) is 30.3 Å². The molecule has 1 saturated carbocycles. The van der Waals surface area contributed by atoms with E-state index in [1.165, 1.54) is 0 Å². The Morgan fingerprint density at radius 1 is 1.30 bits per heavy atom. The lowest BCUT2D eigenvalue weighted by molar-refractivity contribution is 0.0872. The highest BCUT2D eigenvalue weighted by Crippen LogP contribution is 2.24. The number of aromatic nitrogens is 2. The summed E-state index contributed by atoms with van der Waals surface area (Å²) in [4.78, 5) is 12.4. The molecule has 1 amide bonds. The van der Waals surface area contributed by atoms with Gasteiger partial charge in [-0.15, -0.1) is 0 Å². The minimum atomic E-state index is -0.0708. The van der Waals surface area contributed by atoms with Gasteiger partial charge in [0.05, 0.1) is 11.9 Å². The first-order chi connectivity index (χ1) is 11.2. The van der Waals surface area contributed by atoms with E-state index >= 15 is 0 Å². The second kappa shape index (κ2) is 6.96. The van der Waals surface area contributed by atoms with Crippen LogP contribution in [0.15, 0.2) is 36.7 Å². The lowest BCUT2D eigenvalue weighted by Gasteiger charge is -2.30. The summed E-state index contributed by atoms with van der Waals surface area (Å²) >= 11 is 0. The lowest BCUT2D eigenvalue weighted by Crippen LogP contribution is -2.43. The van der Waals surface area contributed by atoms with Crippen LogP contribution in [0.2, 0.25) is 0 Å². The fourth-order valence-electron chi connectivity index (χ4n) is 3.19. The van der Waals surface area contributed by atoms with Gasteiger partial charge in [-0.1, -0.05) is 12.8 Å². The molecule has 23 heavy (non-hydrogen) atoms. The molecule has 0 saturated heterocycles. The molecule has 1 fully saturated rings. The molecule has 122 valence electrons. The molecule has 3 rings (SSSR count). The number of carbonyl (C=O) groups excluding carboxylic acids is 1. The first-order valence-corrected chi connectivity index (χ1v) is 8.21.